The molecule has 2 aromatic rings. The summed E-state index contributed by atoms with van der Waals surface area (Å²) in [5, 5.41) is 0. The van der Waals surface area contributed by atoms with Crippen molar-refractivity contribution in [2.75, 3.05) is 19.7 Å². The Morgan fingerprint density at radius 2 is 2.10 bits per heavy atom. The van der Waals surface area contributed by atoms with E-state index in [4.69, 9.17) is 4.74 Å². The molecule has 0 saturated heterocycles. The normalized spacial score (nSPS) is 11.3. The van der Waals surface area contributed by atoms with Crippen LogP contribution in [0.1, 0.15) is 30.9 Å². The van der Waals surface area contributed by atoms with Gasteiger partial charge < -0.3 is 4.74 Å². The Morgan fingerprint density at radius 3 is 2.76 bits per heavy atom. The lowest BCUT2D eigenvalue weighted by atomic mass is 10.3. The number of aryl methyl sites for hydroxylation is 2. The molecule has 0 aliphatic rings. The second kappa shape index (κ2) is 6.67. The van der Waals surface area contributed by atoms with Gasteiger partial charge in [-0.2, -0.15) is 0 Å². The Hall–Kier alpha value is -1.95. The molecule has 0 N–H and O–H groups in total. The minimum absolute atomic E-state index is 0.201. The van der Waals surface area contributed by atoms with Gasteiger partial charge in [0.1, 0.15) is 0 Å². The van der Waals surface area contributed by atoms with Gasteiger partial charge in [0, 0.05) is 24.1 Å². The van der Waals surface area contributed by atoms with Gasteiger partial charge in [0.05, 0.1) is 18.8 Å². The Morgan fingerprint density at radius 1 is 1.33 bits per heavy atom. The number of carbonyl (C=O) groups is 1. The number of likely N-dealkylation sites (N-methyl/N-ethyl adjacent to an activating group) is 1. The minimum Gasteiger partial charge on any atom is -0.465 e. The number of hydrogen-bond donors (Lipinski definition) is 0. The van der Waals surface area contributed by atoms with E-state index in [0.717, 1.165) is 23.6 Å². The number of imidazole rings is 1. The van der Waals surface area contributed by atoms with Crippen molar-refractivity contribution >= 4 is 11.7 Å². The summed E-state index contributed by atoms with van der Waals surface area (Å²) >= 11 is 0. The van der Waals surface area contributed by atoms with Crippen LogP contribution in [0, 0.1) is 13.8 Å². The first-order valence-corrected chi connectivity index (χ1v) is 7.23. The van der Waals surface area contributed by atoms with E-state index in [1.54, 1.807) is 0 Å². The van der Waals surface area contributed by atoms with Crippen molar-refractivity contribution in [2.45, 2.75) is 34.2 Å². The van der Waals surface area contributed by atoms with Crippen molar-refractivity contribution in [3.63, 3.8) is 0 Å². The molecule has 0 aliphatic carbocycles. The van der Waals surface area contributed by atoms with Crippen molar-refractivity contribution in [3.8, 4) is 0 Å². The van der Waals surface area contributed by atoms with Crippen molar-refractivity contribution in [1.29, 1.82) is 0 Å². The molecule has 0 atom stereocenters. The summed E-state index contributed by atoms with van der Waals surface area (Å²) in [5.74, 6) is 0.503. The third kappa shape index (κ3) is 3.78. The average molecular weight is 290 g/mol. The van der Waals surface area contributed by atoms with Gasteiger partial charge in [-0.05, 0) is 33.4 Å². The maximum atomic E-state index is 11.6. The molecule has 0 fully saturated rings. The minimum atomic E-state index is -0.201. The van der Waals surface area contributed by atoms with E-state index in [1.165, 1.54) is 0 Å². The topological polar surface area (TPSA) is 59.7 Å². The van der Waals surface area contributed by atoms with Crippen LogP contribution >= 0.6 is 0 Å². The summed E-state index contributed by atoms with van der Waals surface area (Å²) in [6, 6.07) is 2.02. The molecule has 6 nitrogen and oxygen atoms in total. The smallest absolute Gasteiger partial charge is 0.320 e. The first-order valence-electron chi connectivity index (χ1n) is 7.23. The summed E-state index contributed by atoms with van der Waals surface area (Å²) in [7, 11) is 0. The molecule has 0 spiro atoms. The van der Waals surface area contributed by atoms with E-state index in [0.29, 0.717) is 18.9 Å². The maximum Gasteiger partial charge on any atom is 0.320 e. The second-order valence-electron chi connectivity index (χ2n) is 5.05. The number of ether oxygens (including phenoxy) is 1. The molecule has 0 saturated carbocycles. The molecular formula is C15H22N4O2. The lowest BCUT2D eigenvalue weighted by Crippen LogP contribution is -2.30. The zero-order chi connectivity index (χ0) is 15.4. The molecule has 0 amide bonds. The second-order valence-corrected chi connectivity index (χ2v) is 5.05. The van der Waals surface area contributed by atoms with Gasteiger partial charge in [-0.15, -0.1) is 0 Å². The van der Waals surface area contributed by atoms with Gasteiger partial charge >= 0.3 is 5.97 Å². The third-order valence-electron chi connectivity index (χ3n) is 3.30. The van der Waals surface area contributed by atoms with E-state index in [-0.39, 0.29) is 12.5 Å². The van der Waals surface area contributed by atoms with E-state index < -0.39 is 0 Å². The molecule has 21 heavy (non-hydrogen) atoms. The predicted octanol–water partition coefficient (Wildman–Crippen LogP) is 1.73. The molecule has 0 radical (unpaired) electrons. The number of fused-ring (bicyclic) bond motifs is 1. The number of aromatic nitrogens is 3. The Kier molecular flexibility index (Phi) is 4.90. The number of hydrogen-bond acceptors (Lipinski definition) is 5. The molecule has 0 aromatic carbocycles. The van der Waals surface area contributed by atoms with Gasteiger partial charge in [-0.3, -0.25) is 14.1 Å². The lowest BCUT2D eigenvalue weighted by molar-refractivity contribution is -0.144. The van der Waals surface area contributed by atoms with Crippen LogP contribution in [-0.2, 0) is 16.1 Å². The molecule has 6 heteroatoms. The fourth-order valence-corrected chi connectivity index (χ4v) is 2.29. The van der Waals surface area contributed by atoms with Crippen molar-refractivity contribution < 1.29 is 9.53 Å². The van der Waals surface area contributed by atoms with Crippen molar-refractivity contribution in [1.82, 2.24) is 19.3 Å². The summed E-state index contributed by atoms with van der Waals surface area (Å²) in [6.45, 7) is 9.88. The Labute approximate surface area is 124 Å². The van der Waals surface area contributed by atoms with E-state index in [1.807, 2.05) is 49.3 Å². The highest BCUT2D eigenvalue weighted by Gasteiger charge is 2.13. The van der Waals surface area contributed by atoms with Crippen LogP contribution < -0.4 is 0 Å². The first-order chi connectivity index (χ1) is 10.0. The standard InChI is InChI=1S/C15H22N4O2/c1-5-18(10-14(20)21-6-2)8-13-9-19-12(4)7-11(3)16-15(19)17-13/h7,9H,5-6,8,10H2,1-4H3. The zero-order valence-electron chi connectivity index (χ0n) is 13.1. The van der Waals surface area contributed by atoms with Gasteiger partial charge in [0.15, 0.2) is 0 Å². The van der Waals surface area contributed by atoms with Crippen LogP contribution in [0.25, 0.3) is 5.78 Å². The fraction of sp³-hybridized carbons (Fsp3) is 0.533. The number of esters is 1. The van der Waals surface area contributed by atoms with E-state index in [2.05, 4.69) is 9.97 Å². The third-order valence-corrected chi connectivity index (χ3v) is 3.30. The van der Waals surface area contributed by atoms with E-state index >= 15 is 0 Å². The van der Waals surface area contributed by atoms with Gasteiger partial charge in [-0.1, -0.05) is 6.92 Å². The van der Waals surface area contributed by atoms with Crippen molar-refractivity contribution in [3.05, 3.63) is 29.3 Å². The number of carbonyl (C=O) groups excluding carboxylic acids is 1. The quantitative estimate of drug-likeness (QED) is 0.758. The highest BCUT2D eigenvalue weighted by Crippen LogP contribution is 2.10. The summed E-state index contributed by atoms with van der Waals surface area (Å²) in [5.41, 5.74) is 2.96. The first kappa shape index (κ1) is 15.4. The fourth-order valence-electron chi connectivity index (χ4n) is 2.29. The molecule has 0 unspecified atom stereocenters. The monoisotopic (exact) mass is 290 g/mol. The molecule has 2 heterocycles. The zero-order valence-corrected chi connectivity index (χ0v) is 13.1. The summed E-state index contributed by atoms with van der Waals surface area (Å²) in [6.07, 6.45) is 1.98. The Balaban J connectivity index is 2.14. The van der Waals surface area contributed by atoms with Crippen molar-refractivity contribution in [2.24, 2.45) is 0 Å². The number of nitrogens with zero attached hydrogens (tertiary/aromatic N) is 4. The van der Waals surface area contributed by atoms with Crippen LogP contribution in [0.3, 0.4) is 0 Å². The molecular weight excluding hydrogens is 268 g/mol. The summed E-state index contributed by atoms with van der Waals surface area (Å²) < 4.78 is 6.96. The predicted molar refractivity (Wildman–Crippen MR) is 80.0 cm³/mol. The van der Waals surface area contributed by atoms with Gasteiger partial charge in [-0.25, -0.2) is 9.97 Å². The maximum absolute atomic E-state index is 11.6. The highest BCUT2D eigenvalue weighted by atomic mass is 16.5. The molecule has 0 bridgehead atoms. The van der Waals surface area contributed by atoms with Gasteiger partial charge in [0.25, 0.3) is 0 Å². The van der Waals surface area contributed by atoms with E-state index in [9.17, 15) is 4.79 Å². The van der Waals surface area contributed by atoms with Crippen LogP contribution in [0.15, 0.2) is 12.3 Å². The SMILES string of the molecule is CCOC(=O)CN(CC)Cc1cn2c(C)cc(C)nc2n1. The molecule has 0 aliphatic heterocycles. The lowest BCUT2D eigenvalue weighted by Gasteiger charge is -2.17. The van der Waals surface area contributed by atoms with Gasteiger partial charge in [0.2, 0.25) is 5.78 Å². The molecule has 2 aromatic heterocycles. The largest absolute Gasteiger partial charge is 0.465 e. The number of rotatable bonds is 6. The highest BCUT2D eigenvalue weighted by molar-refractivity contribution is 5.71. The molecule has 2 rings (SSSR count). The van der Waals surface area contributed by atoms with Crippen LogP contribution in [0.4, 0.5) is 0 Å². The van der Waals surface area contributed by atoms with Crippen LogP contribution in [-0.4, -0.2) is 44.9 Å². The molecule has 114 valence electrons. The van der Waals surface area contributed by atoms with Crippen LogP contribution in [0.5, 0.6) is 0 Å². The van der Waals surface area contributed by atoms with Crippen LogP contribution in [0.2, 0.25) is 0 Å². The Bertz CT molecular complexity index is 636. The average Bonchev–Trinajstić information content (AvgIpc) is 2.81. The summed E-state index contributed by atoms with van der Waals surface area (Å²) in [4.78, 5) is 22.5.